The van der Waals surface area contributed by atoms with Gasteiger partial charge in [0, 0.05) is 10.4 Å². The van der Waals surface area contributed by atoms with E-state index < -0.39 is 30.4 Å². The van der Waals surface area contributed by atoms with Crippen molar-refractivity contribution in [1.29, 1.82) is 0 Å². The molecule has 0 fully saturated rings. The van der Waals surface area contributed by atoms with Crippen molar-refractivity contribution < 1.29 is 32.5 Å². The Labute approximate surface area is 193 Å². The SMILES string of the molecule is Cc1cc(OC(C)c2nc(-c3ccc(C(F)(F)F)cc3)sc2C(C)C)ccc1OCC(=O)O. The number of carboxylic acids is 1. The molecule has 0 aliphatic carbocycles. The first-order valence-electron chi connectivity index (χ1n) is 10.3. The van der Waals surface area contributed by atoms with Gasteiger partial charge in [0.2, 0.25) is 0 Å². The van der Waals surface area contributed by atoms with Crippen LogP contribution in [0, 0.1) is 6.92 Å². The van der Waals surface area contributed by atoms with Crippen LogP contribution >= 0.6 is 11.3 Å². The van der Waals surface area contributed by atoms with E-state index >= 15 is 0 Å². The van der Waals surface area contributed by atoms with E-state index in [9.17, 15) is 18.0 Å². The average molecular weight is 480 g/mol. The van der Waals surface area contributed by atoms with Crippen LogP contribution in [0.4, 0.5) is 13.2 Å². The minimum Gasteiger partial charge on any atom is -0.484 e. The summed E-state index contributed by atoms with van der Waals surface area (Å²) >= 11 is 1.44. The number of ether oxygens (including phenoxy) is 2. The highest BCUT2D eigenvalue weighted by Gasteiger charge is 2.30. The first kappa shape index (κ1) is 24.6. The van der Waals surface area contributed by atoms with Crippen molar-refractivity contribution in [3.05, 3.63) is 64.2 Å². The van der Waals surface area contributed by atoms with Gasteiger partial charge in [-0.25, -0.2) is 9.78 Å². The summed E-state index contributed by atoms with van der Waals surface area (Å²) in [6, 6.07) is 10.1. The number of nitrogens with zero attached hydrogens (tertiary/aromatic N) is 1. The van der Waals surface area contributed by atoms with Crippen molar-refractivity contribution in [2.45, 2.75) is 45.9 Å². The largest absolute Gasteiger partial charge is 0.484 e. The molecule has 0 aliphatic heterocycles. The number of hydrogen-bond acceptors (Lipinski definition) is 5. The van der Waals surface area contributed by atoms with Gasteiger partial charge in [0.1, 0.15) is 22.6 Å². The fourth-order valence-electron chi connectivity index (χ4n) is 3.23. The number of rotatable bonds is 8. The molecule has 0 radical (unpaired) electrons. The van der Waals surface area contributed by atoms with Crippen LogP contribution in [0.25, 0.3) is 10.6 Å². The van der Waals surface area contributed by atoms with Crippen LogP contribution in [0.2, 0.25) is 0 Å². The lowest BCUT2D eigenvalue weighted by Gasteiger charge is -2.17. The van der Waals surface area contributed by atoms with Gasteiger partial charge in [-0.3, -0.25) is 0 Å². The number of aryl methyl sites for hydroxylation is 1. The van der Waals surface area contributed by atoms with E-state index in [2.05, 4.69) is 0 Å². The number of alkyl halides is 3. The molecular formula is C24H24F3NO4S. The zero-order valence-corrected chi connectivity index (χ0v) is 19.4. The van der Waals surface area contributed by atoms with Crippen molar-refractivity contribution in [3.63, 3.8) is 0 Å². The Morgan fingerprint density at radius 1 is 1.12 bits per heavy atom. The van der Waals surface area contributed by atoms with Gasteiger partial charge in [0.15, 0.2) is 6.61 Å². The molecule has 1 N–H and O–H groups in total. The summed E-state index contributed by atoms with van der Waals surface area (Å²) in [7, 11) is 0. The van der Waals surface area contributed by atoms with Crippen molar-refractivity contribution in [1.82, 2.24) is 4.98 Å². The first-order chi connectivity index (χ1) is 15.5. The molecule has 0 spiro atoms. The molecule has 1 aromatic heterocycles. The van der Waals surface area contributed by atoms with Crippen LogP contribution in [-0.2, 0) is 11.0 Å². The molecule has 1 heterocycles. The molecule has 5 nitrogen and oxygen atoms in total. The van der Waals surface area contributed by atoms with Gasteiger partial charge in [-0.05, 0) is 55.7 Å². The average Bonchev–Trinajstić information content (AvgIpc) is 3.18. The second-order valence-electron chi connectivity index (χ2n) is 7.87. The molecular weight excluding hydrogens is 455 g/mol. The van der Waals surface area contributed by atoms with Crippen LogP contribution in [-0.4, -0.2) is 22.7 Å². The first-order valence-corrected chi connectivity index (χ1v) is 11.1. The summed E-state index contributed by atoms with van der Waals surface area (Å²) in [4.78, 5) is 16.4. The van der Waals surface area contributed by atoms with Gasteiger partial charge in [-0.1, -0.05) is 26.0 Å². The predicted octanol–water partition coefficient (Wildman–Crippen LogP) is 6.86. The number of hydrogen-bond donors (Lipinski definition) is 1. The maximum atomic E-state index is 12.9. The van der Waals surface area contributed by atoms with Gasteiger partial charge >= 0.3 is 12.1 Å². The number of thiazole rings is 1. The third kappa shape index (κ3) is 6.04. The fraction of sp³-hybridized carbons (Fsp3) is 0.333. The summed E-state index contributed by atoms with van der Waals surface area (Å²) in [5, 5.41) is 9.39. The van der Waals surface area contributed by atoms with E-state index in [1.54, 1.807) is 25.1 Å². The zero-order chi connectivity index (χ0) is 24.3. The number of halogens is 3. The summed E-state index contributed by atoms with van der Waals surface area (Å²) in [5.74, 6) is 0.122. The van der Waals surface area contributed by atoms with E-state index in [1.807, 2.05) is 20.8 Å². The molecule has 2 aromatic carbocycles. The molecule has 3 aromatic rings. The molecule has 1 atom stereocenters. The molecule has 3 rings (SSSR count). The molecule has 176 valence electrons. The lowest BCUT2D eigenvalue weighted by molar-refractivity contribution is -0.139. The van der Waals surface area contributed by atoms with Crippen molar-refractivity contribution >= 4 is 17.3 Å². The maximum Gasteiger partial charge on any atom is 0.416 e. The van der Waals surface area contributed by atoms with Crippen LogP contribution in [0.1, 0.15) is 54.5 Å². The summed E-state index contributed by atoms with van der Waals surface area (Å²) in [6.07, 6.45) is -4.79. The Balaban J connectivity index is 1.83. The smallest absolute Gasteiger partial charge is 0.416 e. The highest BCUT2D eigenvalue weighted by atomic mass is 32.1. The quantitative estimate of drug-likeness (QED) is 0.382. The summed E-state index contributed by atoms with van der Waals surface area (Å²) < 4.78 is 50.0. The van der Waals surface area contributed by atoms with Gasteiger partial charge in [-0.2, -0.15) is 13.2 Å². The Morgan fingerprint density at radius 3 is 2.33 bits per heavy atom. The number of carbonyl (C=O) groups is 1. The molecule has 0 saturated heterocycles. The zero-order valence-electron chi connectivity index (χ0n) is 18.6. The number of benzene rings is 2. The Bertz CT molecular complexity index is 1120. The van der Waals surface area contributed by atoms with Gasteiger partial charge in [0.05, 0.1) is 11.3 Å². The van der Waals surface area contributed by atoms with E-state index in [1.165, 1.54) is 23.5 Å². The van der Waals surface area contributed by atoms with Crippen molar-refractivity contribution in [2.24, 2.45) is 0 Å². The molecule has 0 amide bonds. The molecule has 1 unspecified atom stereocenters. The minimum atomic E-state index is -4.38. The van der Waals surface area contributed by atoms with E-state index in [-0.39, 0.29) is 5.92 Å². The van der Waals surface area contributed by atoms with E-state index in [4.69, 9.17) is 19.6 Å². The summed E-state index contributed by atoms with van der Waals surface area (Å²) in [5.41, 5.74) is 1.38. The van der Waals surface area contributed by atoms with Crippen molar-refractivity contribution in [2.75, 3.05) is 6.61 Å². The second kappa shape index (κ2) is 9.82. The molecule has 0 aliphatic rings. The summed E-state index contributed by atoms with van der Waals surface area (Å²) in [6.45, 7) is 7.28. The van der Waals surface area contributed by atoms with Crippen LogP contribution in [0.3, 0.4) is 0 Å². The highest BCUT2D eigenvalue weighted by molar-refractivity contribution is 7.15. The lowest BCUT2D eigenvalue weighted by atomic mass is 10.1. The number of carboxylic acid groups (broad SMARTS) is 1. The number of aromatic nitrogens is 1. The van der Waals surface area contributed by atoms with E-state index in [0.717, 1.165) is 28.3 Å². The Kier molecular flexibility index (Phi) is 7.31. The van der Waals surface area contributed by atoms with Crippen LogP contribution in [0.5, 0.6) is 11.5 Å². The number of aliphatic carboxylic acids is 1. The third-order valence-electron chi connectivity index (χ3n) is 4.86. The van der Waals surface area contributed by atoms with Gasteiger partial charge in [-0.15, -0.1) is 11.3 Å². The lowest BCUT2D eigenvalue weighted by Crippen LogP contribution is -2.10. The van der Waals surface area contributed by atoms with Crippen molar-refractivity contribution in [3.8, 4) is 22.1 Å². The fourth-order valence-corrected chi connectivity index (χ4v) is 4.39. The Morgan fingerprint density at radius 2 is 1.79 bits per heavy atom. The van der Waals surface area contributed by atoms with Crippen LogP contribution < -0.4 is 9.47 Å². The van der Waals surface area contributed by atoms with Crippen LogP contribution in [0.15, 0.2) is 42.5 Å². The molecule has 0 bridgehead atoms. The van der Waals surface area contributed by atoms with Gasteiger partial charge < -0.3 is 14.6 Å². The molecule has 33 heavy (non-hydrogen) atoms. The third-order valence-corrected chi connectivity index (χ3v) is 6.28. The molecule has 9 heteroatoms. The standard InChI is InChI=1S/C24H24F3NO4S/c1-13(2)22-21(28-23(33-22)16-5-7-17(8-6-16)24(25,26)27)15(4)32-18-9-10-19(14(3)11-18)31-12-20(29)30/h5-11,13,15H,12H2,1-4H3,(H,29,30). The Hall–Kier alpha value is -3.07. The predicted molar refractivity (Wildman–Crippen MR) is 120 cm³/mol. The highest BCUT2D eigenvalue weighted by Crippen LogP contribution is 2.38. The molecule has 0 saturated carbocycles. The van der Waals surface area contributed by atoms with E-state index in [0.29, 0.717) is 22.1 Å². The minimum absolute atomic E-state index is 0.153. The topological polar surface area (TPSA) is 68.7 Å². The normalized spacial score (nSPS) is 12.6. The second-order valence-corrected chi connectivity index (χ2v) is 8.90. The van der Waals surface area contributed by atoms with Gasteiger partial charge in [0.25, 0.3) is 0 Å². The monoisotopic (exact) mass is 479 g/mol. The maximum absolute atomic E-state index is 12.9.